The number of benzene rings is 4. The second-order valence-corrected chi connectivity index (χ2v) is 10.8. The minimum atomic E-state index is -0.168. The second kappa shape index (κ2) is 13.9. The summed E-state index contributed by atoms with van der Waals surface area (Å²) in [6, 6.07) is 33.5. The van der Waals surface area contributed by atoms with E-state index in [0.717, 1.165) is 66.2 Å². The highest BCUT2D eigenvalue weighted by molar-refractivity contribution is 6.09. The van der Waals surface area contributed by atoms with Crippen molar-refractivity contribution < 1.29 is 14.3 Å². The number of hydrogen-bond acceptors (Lipinski definition) is 4. The van der Waals surface area contributed by atoms with Crippen molar-refractivity contribution in [3.8, 4) is 16.9 Å². The lowest BCUT2D eigenvalue weighted by molar-refractivity contribution is -0.124. The number of amides is 2. The molecule has 4 aromatic carbocycles. The number of ether oxygens (including phenoxy) is 1. The number of para-hydroxylation sites is 1. The summed E-state index contributed by atoms with van der Waals surface area (Å²) in [6.07, 6.45) is 2.81. The second-order valence-electron chi connectivity index (χ2n) is 10.8. The molecule has 0 spiro atoms. The van der Waals surface area contributed by atoms with Crippen LogP contribution in [-0.4, -0.2) is 38.6 Å². The lowest BCUT2D eigenvalue weighted by Gasteiger charge is -2.37. The molecule has 42 heavy (non-hydrogen) atoms. The van der Waals surface area contributed by atoms with Gasteiger partial charge in [-0.2, -0.15) is 0 Å². The molecule has 1 fully saturated rings. The van der Waals surface area contributed by atoms with Crippen LogP contribution in [0.2, 0.25) is 0 Å². The topological polar surface area (TPSA) is 70.7 Å². The van der Waals surface area contributed by atoms with E-state index in [-0.39, 0.29) is 17.7 Å². The lowest BCUT2D eigenvalue weighted by Crippen LogP contribution is -2.40. The van der Waals surface area contributed by atoms with Gasteiger partial charge in [0.05, 0.1) is 13.0 Å². The number of carbonyl (C=O) groups excluding carboxylic acids is 2. The van der Waals surface area contributed by atoms with Crippen LogP contribution in [0.15, 0.2) is 103 Å². The zero-order valence-corrected chi connectivity index (χ0v) is 24.4. The quantitative estimate of drug-likeness (QED) is 0.216. The Bertz CT molecular complexity index is 1480. The highest BCUT2D eigenvalue weighted by atomic mass is 16.5. The van der Waals surface area contributed by atoms with Gasteiger partial charge in [0, 0.05) is 42.1 Å². The van der Waals surface area contributed by atoms with E-state index >= 15 is 0 Å². The Labute approximate surface area is 248 Å². The predicted octanol–water partition coefficient (Wildman–Crippen LogP) is 7.14. The first-order valence-electron chi connectivity index (χ1n) is 14.8. The monoisotopic (exact) mass is 561 g/mol. The summed E-state index contributed by atoms with van der Waals surface area (Å²) in [7, 11) is 1.64. The van der Waals surface area contributed by atoms with Crippen molar-refractivity contribution in [2.45, 2.75) is 32.1 Å². The van der Waals surface area contributed by atoms with E-state index in [4.69, 9.17) is 4.74 Å². The molecule has 2 amide bonds. The van der Waals surface area contributed by atoms with Crippen molar-refractivity contribution in [1.82, 2.24) is 5.32 Å². The maximum absolute atomic E-state index is 13.3. The van der Waals surface area contributed by atoms with Crippen LogP contribution in [0.4, 0.5) is 11.4 Å². The molecule has 1 aliphatic rings. The molecule has 1 saturated heterocycles. The van der Waals surface area contributed by atoms with E-state index in [9.17, 15) is 9.59 Å². The Hall–Kier alpha value is -4.58. The molecule has 6 heteroatoms. The predicted molar refractivity (Wildman–Crippen MR) is 170 cm³/mol. The van der Waals surface area contributed by atoms with Gasteiger partial charge in [-0.15, -0.1) is 0 Å². The third-order valence-corrected chi connectivity index (χ3v) is 8.06. The molecule has 1 aliphatic heterocycles. The molecule has 4 aromatic rings. The number of rotatable bonds is 10. The van der Waals surface area contributed by atoms with Gasteiger partial charge in [0.1, 0.15) is 5.75 Å². The minimum Gasteiger partial charge on any atom is -0.496 e. The van der Waals surface area contributed by atoms with E-state index in [1.807, 2.05) is 78.9 Å². The van der Waals surface area contributed by atoms with Gasteiger partial charge >= 0.3 is 0 Å². The number of nitrogens with one attached hydrogen (secondary N) is 2. The average Bonchev–Trinajstić information content (AvgIpc) is 3.05. The van der Waals surface area contributed by atoms with Gasteiger partial charge in [0.2, 0.25) is 5.91 Å². The summed E-state index contributed by atoms with van der Waals surface area (Å²) < 4.78 is 5.54. The molecule has 0 aromatic heterocycles. The first-order valence-corrected chi connectivity index (χ1v) is 14.8. The summed E-state index contributed by atoms with van der Waals surface area (Å²) >= 11 is 0. The standard InChI is InChI=1S/C36H39N3O3/c1-3-23-37-36(41)34(26-11-5-4-6-12-26)27-21-24-39(25-22-27)29-19-17-28(18-20-29)38-35(40)32-15-8-7-13-30(32)31-14-9-10-16-33(31)42-2/h4-20,27,34H,3,21-25H2,1-2H3,(H,37,41)(H,38,40). The number of anilines is 2. The molecule has 2 N–H and O–H groups in total. The average molecular weight is 562 g/mol. The van der Waals surface area contributed by atoms with Crippen LogP contribution in [-0.2, 0) is 4.79 Å². The third kappa shape index (κ3) is 6.65. The molecule has 216 valence electrons. The zero-order chi connectivity index (χ0) is 29.3. The van der Waals surface area contributed by atoms with Crippen molar-refractivity contribution in [3.05, 3.63) is 114 Å². The Kier molecular flexibility index (Phi) is 9.55. The highest BCUT2D eigenvalue weighted by Crippen LogP contribution is 2.35. The van der Waals surface area contributed by atoms with Crippen LogP contribution < -0.4 is 20.3 Å². The summed E-state index contributed by atoms with van der Waals surface area (Å²) in [6.45, 7) is 4.55. The molecule has 0 bridgehead atoms. The molecule has 0 radical (unpaired) electrons. The molecule has 0 aliphatic carbocycles. The van der Waals surface area contributed by atoms with Crippen molar-refractivity contribution in [3.63, 3.8) is 0 Å². The molecule has 1 heterocycles. The van der Waals surface area contributed by atoms with Gasteiger partial charge in [-0.25, -0.2) is 0 Å². The van der Waals surface area contributed by atoms with Crippen LogP contribution in [0.5, 0.6) is 5.75 Å². The summed E-state index contributed by atoms with van der Waals surface area (Å²) in [5, 5.41) is 6.19. The molecular weight excluding hydrogens is 522 g/mol. The molecule has 6 nitrogen and oxygen atoms in total. The van der Waals surface area contributed by atoms with Gasteiger partial charge < -0.3 is 20.3 Å². The first-order chi connectivity index (χ1) is 20.6. The fourth-order valence-electron chi connectivity index (χ4n) is 5.88. The fourth-order valence-corrected chi connectivity index (χ4v) is 5.88. The maximum Gasteiger partial charge on any atom is 0.256 e. The minimum absolute atomic E-state index is 0.128. The Morgan fingerprint density at radius 3 is 2.17 bits per heavy atom. The number of nitrogens with zero attached hydrogens (tertiary/aromatic N) is 1. The summed E-state index contributed by atoms with van der Waals surface area (Å²) in [5.41, 5.74) is 5.24. The Balaban J connectivity index is 1.24. The van der Waals surface area contributed by atoms with Crippen LogP contribution in [0.3, 0.4) is 0 Å². The van der Waals surface area contributed by atoms with E-state index < -0.39 is 0 Å². The van der Waals surface area contributed by atoms with Crippen LogP contribution >= 0.6 is 0 Å². The SMILES string of the molecule is CCCNC(=O)C(c1ccccc1)C1CCN(c2ccc(NC(=O)c3ccccc3-c3ccccc3OC)cc2)CC1. The maximum atomic E-state index is 13.3. The molecule has 1 unspecified atom stereocenters. The van der Waals surface area contributed by atoms with Crippen molar-refractivity contribution in [2.24, 2.45) is 5.92 Å². The van der Waals surface area contributed by atoms with Gasteiger partial charge in [-0.05, 0) is 72.7 Å². The van der Waals surface area contributed by atoms with E-state index in [1.165, 1.54) is 0 Å². The smallest absolute Gasteiger partial charge is 0.256 e. The van der Waals surface area contributed by atoms with Gasteiger partial charge in [0.25, 0.3) is 5.91 Å². The van der Waals surface area contributed by atoms with Crippen LogP contribution in [0.1, 0.15) is 48.0 Å². The largest absolute Gasteiger partial charge is 0.496 e. The Morgan fingerprint density at radius 2 is 1.48 bits per heavy atom. The Morgan fingerprint density at radius 1 is 0.833 bits per heavy atom. The van der Waals surface area contributed by atoms with Gasteiger partial charge in [-0.3, -0.25) is 9.59 Å². The normalized spacial score (nSPS) is 14.2. The first kappa shape index (κ1) is 28.9. The number of carbonyl (C=O) groups is 2. The number of hydrogen-bond donors (Lipinski definition) is 2. The van der Waals surface area contributed by atoms with Gasteiger partial charge in [-0.1, -0.05) is 73.7 Å². The fraction of sp³-hybridized carbons (Fsp3) is 0.278. The van der Waals surface area contributed by atoms with Crippen molar-refractivity contribution in [2.75, 3.05) is 37.0 Å². The van der Waals surface area contributed by atoms with Crippen molar-refractivity contribution in [1.29, 1.82) is 0 Å². The molecule has 0 saturated carbocycles. The van der Waals surface area contributed by atoms with Crippen molar-refractivity contribution >= 4 is 23.2 Å². The number of piperidine rings is 1. The highest BCUT2D eigenvalue weighted by Gasteiger charge is 2.32. The molecule has 1 atom stereocenters. The number of methoxy groups -OCH3 is 1. The van der Waals surface area contributed by atoms with E-state index in [1.54, 1.807) is 7.11 Å². The van der Waals surface area contributed by atoms with E-state index in [0.29, 0.717) is 18.0 Å². The van der Waals surface area contributed by atoms with Crippen LogP contribution in [0, 0.1) is 5.92 Å². The third-order valence-electron chi connectivity index (χ3n) is 8.06. The summed E-state index contributed by atoms with van der Waals surface area (Å²) in [5.74, 6) is 0.855. The van der Waals surface area contributed by atoms with Crippen LogP contribution in [0.25, 0.3) is 11.1 Å². The zero-order valence-electron chi connectivity index (χ0n) is 24.4. The van der Waals surface area contributed by atoms with Gasteiger partial charge in [0.15, 0.2) is 0 Å². The van der Waals surface area contributed by atoms with E-state index in [2.05, 4.69) is 46.7 Å². The molecule has 5 rings (SSSR count). The lowest BCUT2D eigenvalue weighted by atomic mass is 9.79. The summed E-state index contributed by atoms with van der Waals surface area (Å²) in [4.78, 5) is 28.9. The molecular formula is C36H39N3O3.